The molecule has 2 nitrogen and oxygen atoms in total. The summed E-state index contributed by atoms with van der Waals surface area (Å²) in [5.74, 6) is 0. The second-order valence-electron chi connectivity index (χ2n) is 6.42. The Hall–Kier alpha value is -2.07. The topological polar surface area (TPSA) is 21.3 Å². The Morgan fingerprint density at radius 2 is 1.58 bits per heavy atom. The quantitative estimate of drug-likeness (QED) is 0.612. The van der Waals surface area contributed by atoms with Gasteiger partial charge in [-0.15, -0.1) is 11.8 Å². The number of nitrogens with one attached hydrogen (secondary N) is 1. The lowest BCUT2D eigenvalue weighted by atomic mass is 10.1. The third kappa shape index (κ3) is 4.01. The number of hydrogen-bond donors (Lipinski definition) is 1. The van der Waals surface area contributed by atoms with Crippen LogP contribution in [0.15, 0.2) is 89.8 Å². The first-order chi connectivity index (χ1) is 12.9. The molecule has 1 aliphatic heterocycles. The van der Waals surface area contributed by atoms with Crippen molar-refractivity contribution in [2.24, 2.45) is 0 Å². The summed E-state index contributed by atoms with van der Waals surface area (Å²) in [7, 11) is 0. The van der Waals surface area contributed by atoms with Crippen LogP contribution in [0.3, 0.4) is 0 Å². The molecule has 26 heavy (non-hydrogen) atoms. The monoisotopic (exact) mass is 363 g/mol. The maximum absolute atomic E-state index is 6.13. The van der Waals surface area contributed by atoms with Crippen LogP contribution in [0.1, 0.15) is 12.2 Å². The van der Waals surface area contributed by atoms with Gasteiger partial charge >= 0.3 is 0 Å². The fourth-order valence-electron chi connectivity index (χ4n) is 3.34. The number of hydrogen-bond acceptors (Lipinski definition) is 3. The Morgan fingerprint density at radius 1 is 0.885 bits per heavy atom. The first-order valence-electron chi connectivity index (χ1n) is 9.10. The Labute approximate surface area is 161 Å². The summed E-state index contributed by atoms with van der Waals surface area (Å²) in [6, 6.07) is 30.0. The molecular weight excluding hydrogens is 338 g/mol. The van der Waals surface area contributed by atoms with E-state index in [2.05, 4.69) is 90.2 Å². The normalized spacial score (nSPS) is 18.4. The minimum Gasteiger partial charge on any atom is -0.374 e. The lowest BCUT2D eigenvalue weighted by molar-refractivity contribution is 0.0273. The van der Waals surface area contributed by atoms with Gasteiger partial charge in [-0.2, -0.15) is 0 Å². The second-order valence-corrected chi connectivity index (χ2v) is 7.61. The van der Waals surface area contributed by atoms with Crippen LogP contribution in [-0.4, -0.2) is 25.8 Å². The van der Waals surface area contributed by atoms with E-state index in [1.807, 2.05) is 11.8 Å². The summed E-state index contributed by atoms with van der Waals surface area (Å²) in [5.41, 5.74) is 3.85. The predicted molar refractivity (Wildman–Crippen MR) is 112 cm³/mol. The number of benzene rings is 3. The first-order valence-corrected chi connectivity index (χ1v) is 9.98. The maximum Gasteiger partial charge on any atom is 0.0862 e. The van der Waals surface area contributed by atoms with Gasteiger partial charge in [0.25, 0.3) is 0 Å². The minimum atomic E-state index is 0. The average Bonchev–Trinajstić information content (AvgIpc) is 2.74. The molecule has 4 rings (SSSR count). The van der Waals surface area contributed by atoms with Gasteiger partial charge in [-0.25, -0.2) is 0 Å². The van der Waals surface area contributed by atoms with Gasteiger partial charge in [-0.05, 0) is 22.8 Å². The van der Waals surface area contributed by atoms with E-state index >= 15 is 0 Å². The fourth-order valence-corrected chi connectivity index (χ4v) is 4.71. The van der Waals surface area contributed by atoms with E-state index in [1.54, 1.807) is 0 Å². The smallest absolute Gasteiger partial charge is 0.0862 e. The lowest BCUT2D eigenvalue weighted by Crippen LogP contribution is -2.41. The molecule has 2 atom stereocenters. The molecule has 0 aromatic heterocycles. The zero-order valence-corrected chi connectivity index (χ0v) is 15.5. The maximum atomic E-state index is 6.13. The third-order valence-corrected chi connectivity index (χ3v) is 6.09. The molecule has 1 heterocycles. The predicted octanol–water partition coefficient (Wildman–Crippen LogP) is 5.42. The van der Waals surface area contributed by atoms with Crippen molar-refractivity contribution in [2.45, 2.75) is 16.2 Å². The molecule has 0 unspecified atom stereocenters. The second kappa shape index (κ2) is 8.54. The van der Waals surface area contributed by atoms with Crippen molar-refractivity contribution < 1.29 is 6.16 Å². The van der Waals surface area contributed by atoms with Crippen molar-refractivity contribution in [1.82, 2.24) is 5.32 Å². The highest BCUT2D eigenvalue weighted by molar-refractivity contribution is 7.99. The van der Waals surface area contributed by atoms with Crippen molar-refractivity contribution in [2.75, 3.05) is 19.7 Å². The van der Waals surface area contributed by atoms with E-state index < -0.39 is 0 Å². The SMILES string of the molecule is [HH].c1ccc(-c2ccccc2S[C@@H](c2ccccc2)[C@@H]2CNCCO2)cc1. The lowest BCUT2D eigenvalue weighted by Gasteiger charge is -2.31. The Kier molecular flexibility index (Phi) is 5.70. The third-order valence-electron chi connectivity index (χ3n) is 4.65. The van der Waals surface area contributed by atoms with Gasteiger partial charge in [0.15, 0.2) is 0 Å². The van der Waals surface area contributed by atoms with Crippen molar-refractivity contribution in [1.29, 1.82) is 0 Å². The highest BCUT2D eigenvalue weighted by Gasteiger charge is 2.27. The molecule has 0 bridgehead atoms. The van der Waals surface area contributed by atoms with Gasteiger partial charge in [0, 0.05) is 19.4 Å². The van der Waals surface area contributed by atoms with E-state index in [9.17, 15) is 0 Å². The van der Waals surface area contributed by atoms with Crippen LogP contribution in [0.4, 0.5) is 0 Å². The summed E-state index contributed by atoms with van der Waals surface area (Å²) in [5, 5.41) is 3.74. The highest BCUT2D eigenvalue weighted by Crippen LogP contribution is 2.43. The molecule has 1 aliphatic rings. The van der Waals surface area contributed by atoms with Crippen molar-refractivity contribution in [3.05, 3.63) is 90.5 Å². The molecular formula is C23H25NOS. The minimum absolute atomic E-state index is 0. The molecule has 134 valence electrons. The van der Waals surface area contributed by atoms with Gasteiger partial charge in [-0.3, -0.25) is 0 Å². The van der Waals surface area contributed by atoms with Crippen molar-refractivity contribution >= 4 is 11.8 Å². The molecule has 3 aromatic carbocycles. The van der Waals surface area contributed by atoms with Gasteiger partial charge in [0.1, 0.15) is 0 Å². The summed E-state index contributed by atoms with van der Waals surface area (Å²) in [4.78, 5) is 1.29. The Bertz CT molecular complexity index is 822. The number of ether oxygens (including phenoxy) is 1. The van der Waals surface area contributed by atoms with E-state index in [4.69, 9.17) is 4.74 Å². The summed E-state index contributed by atoms with van der Waals surface area (Å²) < 4.78 is 6.13. The summed E-state index contributed by atoms with van der Waals surface area (Å²) in [6.45, 7) is 2.60. The van der Waals surface area contributed by atoms with Crippen LogP contribution >= 0.6 is 11.8 Å². The number of morpholine rings is 1. The van der Waals surface area contributed by atoms with Crippen LogP contribution in [0.2, 0.25) is 0 Å². The Morgan fingerprint density at radius 3 is 2.31 bits per heavy atom. The molecule has 3 aromatic rings. The zero-order valence-electron chi connectivity index (χ0n) is 14.7. The van der Waals surface area contributed by atoms with E-state index in [1.165, 1.54) is 21.6 Å². The molecule has 1 N–H and O–H groups in total. The van der Waals surface area contributed by atoms with Gasteiger partial charge in [-0.1, -0.05) is 78.9 Å². The number of rotatable bonds is 5. The molecule has 0 spiro atoms. The zero-order chi connectivity index (χ0) is 17.6. The van der Waals surface area contributed by atoms with Crippen LogP contribution in [0.25, 0.3) is 11.1 Å². The molecule has 0 aliphatic carbocycles. The molecule has 3 heteroatoms. The Balaban J connectivity index is 0.00000210. The van der Waals surface area contributed by atoms with E-state index in [0.717, 1.165) is 19.7 Å². The molecule has 0 saturated carbocycles. The summed E-state index contributed by atoms with van der Waals surface area (Å²) in [6.07, 6.45) is 0.167. The van der Waals surface area contributed by atoms with Crippen LogP contribution in [0.5, 0.6) is 0 Å². The van der Waals surface area contributed by atoms with E-state index in [-0.39, 0.29) is 12.8 Å². The van der Waals surface area contributed by atoms with Crippen LogP contribution < -0.4 is 5.32 Å². The fraction of sp³-hybridized carbons (Fsp3) is 0.217. The molecule has 1 fully saturated rings. The summed E-state index contributed by atoms with van der Waals surface area (Å²) >= 11 is 1.90. The van der Waals surface area contributed by atoms with Crippen molar-refractivity contribution in [3.63, 3.8) is 0 Å². The highest BCUT2D eigenvalue weighted by atomic mass is 32.2. The van der Waals surface area contributed by atoms with Crippen LogP contribution in [0, 0.1) is 0 Å². The average molecular weight is 364 g/mol. The standard InChI is InChI=1S/C23H23NOS.H2/c1-3-9-18(10-4-1)20-13-7-8-14-22(20)26-23(19-11-5-2-6-12-19)21-17-24-15-16-25-21;/h1-14,21,23-24H,15-17H2;1H/t21-,23-;/m0./s1. The van der Waals surface area contributed by atoms with Crippen molar-refractivity contribution in [3.8, 4) is 11.1 Å². The molecule has 0 radical (unpaired) electrons. The van der Waals surface area contributed by atoms with Crippen LogP contribution in [-0.2, 0) is 4.74 Å². The largest absolute Gasteiger partial charge is 0.374 e. The first kappa shape index (κ1) is 17.3. The van der Waals surface area contributed by atoms with Gasteiger partial charge in [0.2, 0.25) is 0 Å². The van der Waals surface area contributed by atoms with Gasteiger partial charge in [0.05, 0.1) is 18.0 Å². The van der Waals surface area contributed by atoms with Gasteiger partial charge < -0.3 is 10.1 Å². The van der Waals surface area contributed by atoms with E-state index in [0.29, 0.717) is 0 Å². The molecule has 0 amide bonds. The number of thioether (sulfide) groups is 1. The molecule has 1 saturated heterocycles.